The Morgan fingerprint density at radius 3 is 2.58 bits per heavy atom. The van der Waals surface area contributed by atoms with Crippen LogP contribution in [0.2, 0.25) is 0 Å². The molecule has 6 nitrogen and oxygen atoms in total. The predicted molar refractivity (Wildman–Crippen MR) is 73.7 cm³/mol. The van der Waals surface area contributed by atoms with Gasteiger partial charge in [-0.05, 0) is 26.0 Å². The van der Waals surface area contributed by atoms with Crippen molar-refractivity contribution in [1.29, 1.82) is 0 Å². The van der Waals surface area contributed by atoms with Crippen LogP contribution in [0.25, 0.3) is 5.69 Å². The number of benzene rings is 1. The predicted octanol–water partition coefficient (Wildman–Crippen LogP) is 1.34. The van der Waals surface area contributed by atoms with Gasteiger partial charge in [-0.3, -0.25) is 0 Å². The zero-order chi connectivity index (χ0) is 14.0. The van der Waals surface area contributed by atoms with E-state index in [-0.39, 0.29) is 4.90 Å². The molecule has 2 rings (SSSR count). The van der Waals surface area contributed by atoms with E-state index in [1.54, 1.807) is 50.4 Å². The fraction of sp³-hybridized carbons (Fsp3) is 0.250. The van der Waals surface area contributed by atoms with Crippen molar-refractivity contribution < 1.29 is 8.42 Å². The van der Waals surface area contributed by atoms with Crippen LogP contribution in [0.5, 0.6) is 0 Å². The first-order chi connectivity index (χ1) is 8.98. The number of aromatic nitrogens is 2. The molecule has 3 N–H and O–H groups in total. The molecule has 0 aliphatic heterocycles. The van der Waals surface area contributed by atoms with Crippen LogP contribution in [0.4, 0.5) is 5.82 Å². The summed E-state index contributed by atoms with van der Waals surface area (Å²) in [6.45, 7) is 3.30. The molecule has 0 saturated heterocycles. The van der Waals surface area contributed by atoms with Crippen LogP contribution in [0.15, 0.2) is 41.4 Å². The number of para-hydroxylation sites is 1. The largest absolute Gasteiger partial charge is 0.308 e. The highest BCUT2D eigenvalue weighted by Gasteiger charge is 2.24. The van der Waals surface area contributed by atoms with Crippen molar-refractivity contribution in [2.24, 2.45) is 5.84 Å². The van der Waals surface area contributed by atoms with Gasteiger partial charge in [-0.2, -0.15) is 5.10 Å². The van der Waals surface area contributed by atoms with Crippen LogP contribution in [0, 0.1) is 0 Å². The minimum absolute atomic E-state index is 0.241. The third-order valence-electron chi connectivity index (χ3n) is 2.81. The maximum Gasteiger partial charge on any atom is 0.182 e. The highest BCUT2D eigenvalue weighted by Crippen LogP contribution is 2.25. The van der Waals surface area contributed by atoms with Crippen molar-refractivity contribution >= 4 is 15.7 Å². The van der Waals surface area contributed by atoms with E-state index in [1.165, 1.54) is 4.68 Å². The Labute approximate surface area is 112 Å². The van der Waals surface area contributed by atoms with Gasteiger partial charge in [0.25, 0.3) is 0 Å². The molecule has 0 amide bonds. The van der Waals surface area contributed by atoms with Crippen LogP contribution in [-0.2, 0) is 9.84 Å². The molecule has 102 valence electrons. The first-order valence-corrected chi connectivity index (χ1v) is 7.37. The molecule has 0 atom stereocenters. The summed E-state index contributed by atoms with van der Waals surface area (Å²) >= 11 is 0. The van der Waals surface area contributed by atoms with E-state index in [4.69, 9.17) is 5.84 Å². The second-order valence-electron chi connectivity index (χ2n) is 4.33. The second kappa shape index (κ2) is 5.02. The Balaban J connectivity index is 2.67. The van der Waals surface area contributed by atoms with Gasteiger partial charge < -0.3 is 5.43 Å². The zero-order valence-electron chi connectivity index (χ0n) is 10.7. The molecule has 1 aromatic heterocycles. The van der Waals surface area contributed by atoms with Crippen molar-refractivity contribution in [3.8, 4) is 5.69 Å². The van der Waals surface area contributed by atoms with Gasteiger partial charge in [-0.25, -0.2) is 18.9 Å². The molecule has 0 unspecified atom stereocenters. The Morgan fingerprint density at radius 2 is 1.95 bits per heavy atom. The van der Waals surface area contributed by atoms with Crippen LogP contribution < -0.4 is 11.3 Å². The van der Waals surface area contributed by atoms with E-state index >= 15 is 0 Å². The Hall–Kier alpha value is -1.86. The number of hydrogen-bond donors (Lipinski definition) is 2. The first kappa shape index (κ1) is 13.6. The number of anilines is 1. The number of nitrogens with two attached hydrogens (primary N) is 1. The SMILES string of the molecule is CC(C)S(=O)(=O)c1ccccc1-n1nccc1NN. The minimum atomic E-state index is -3.39. The van der Waals surface area contributed by atoms with E-state index in [0.717, 1.165) is 0 Å². The fourth-order valence-corrected chi connectivity index (χ4v) is 2.95. The molecule has 0 radical (unpaired) electrons. The molecule has 0 spiro atoms. The normalized spacial score (nSPS) is 11.8. The molecule has 0 saturated carbocycles. The van der Waals surface area contributed by atoms with Crippen molar-refractivity contribution in [2.75, 3.05) is 5.43 Å². The van der Waals surface area contributed by atoms with Gasteiger partial charge >= 0.3 is 0 Å². The van der Waals surface area contributed by atoms with Gasteiger partial charge in [-0.15, -0.1) is 0 Å². The van der Waals surface area contributed by atoms with Crippen molar-refractivity contribution in [2.45, 2.75) is 24.0 Å². The third-order valence-corrected chi connectivity index (χ3v) is 5.01. The minimum Gasteiger partial charge on any atom is -0.308 e. The molecule has 0 aliphatic rings. The Kier molecular flexibility index (Phi) is 3.59. The summed E-state index contributed by atoms with van der Waals surface area (Å²) in [5, 5.41) is 3.60. The Morgan fingerprint density at radius 1 is 1.26 bits per heavy atom. The van der Waals surface area contributed by atoms with E-state index in [0.29, 0.717) is 11.5 Å². The number of hydrazine groups is 1. The standard InChI is InChI=1S/C12H16N4O2S/c1-9(2)19(17,18)11-6-4-3-5-10(11)16-12(15-13)7-8-14-16/h3-9,15H,13H2,1-2H3. The van der Waals surface area contributed by atoms with E-state index in [9.17, 15) is 8.42 Å². The lowest BCUT2D eigenvalue weighted by Gasteiger charge is -2.14. The van der Waals surface area contributed by atoms with E-state index < -0.39 is 15.1 Å². The summed E-state index contributed by atoms with van der Waals surface area (Å²) in [7, 11) is -3.39. The first-order valence-electron chi connectivity index (χ1n) is 5.82. The average molecular weight is 280 g/mol. The van der Waals surface area contributed by atoms with E-state index in [1.807, 2.05) is 0 Å². The van der Waals surface area contributed by atoms with Crippen molar-refractivity contribution in [3.63, 3.8) is 0 Å². The molecule has 0 aliphatic carbocycles. The lowest BCUT2D eigenvalue weighted by molar-refractivity contribution is 0.586. The summed E-state index contributed by atoms with van der Waals surface area (Å²) < 4.78 is 26.2. The molecule has 0 bridgehead atoms. The van der Waals surface area contributed by atoms with Crippen LogP contribution in [-0.4, -0.2) is 23.4 Å². The summed E-state index contributed by atoms with van der Waals surface area (Å²) in [6.07, 6.45) is 1.55. The zero-order valence-corrected chi connectivity index (χ0v) is 11.6. The number of nitrogens with one attached hydrogen (secondary N) is 1. The number of sulfone groups is 1. The van der Waals surface area contributed by atoms with Crippen molar-refractivity contribution in [1.82, 2.24) is 9.78 Å². The van der Waals surface area contributed by atoms with E-state index in [2.05, 4.69) is 10.5 Å². The number of nitrogens with zero attached hydrogens (tertiary/aromatic N) is 2. The van der Waals surface area contributed by atoms with Gasteiger partial charge in [0.1, 0.15) is 5.82 Å². The number of hydrogen-bond acceptors (Lipinski definition) is 5. The van der Waals surface area contributed by atoms with Gasteiger partial charge in [0.2, 0.25) is 0 Å². The molecule has 7 heteroatoms. The monoisotopic (exact) mass is 280 g/mol. The molecule has 2 aromatic rings. The maximum absolute atomic E-state index is 12.4. The molecular formula is C12H16N4O2S. The number of nitrogen functional groups attached to an aromatic ring is 1. The molecule has 1 heterocycles. The average Bonchev–Trinajstić information content (AvgIpc) is 2.86. The van der Waals surface area contributed by atoms with Gasteiger partial charge in [-0.1, -0.05) is 12.1 Å². The summed E-state index contributed by atoms with van der Waals surface area (Å²) in [5.41, 5.74) is 2.97. The molecule has 1 aromatic carbocycles. The van der Waals surface area contributed by atoms with Gasteiger partial charge in [0.15, 0.2) is 9.84 Å². The lowest BCUT2D eigenvalue weighted by atomic mass is 10.3. The highest BCUT2D eigenvalue weighted by molar-refractivity contribution is 7.92. The topological polar surface area (TPSA) is 90.0 Å². The summed E-state index contributed by atoms with van der Waals surface area (Å²) in [5.74, 6) is 5.91. The Bertz CT molecular complexity index is 677. The molecular weight excluding hydrogens is 264 g/mol. The van der Waals surface area contributed by atoms with Gasteiger partial charge in [0, 0.05) is 6.07 Å². The summed E-state index contributed by atoms with van der Waals surface area (Å²) in [4.78, 5) is 0.241. The van der Waals surface area contributed by atoms with Crippen LogP contribution in [0.3, 0.4) is 0 Å². The molecule has 19 heavy (non-hydrogen) atoms. The van der Waals surface area contributed by atoms with Crippen molar-refractivity contribution in [3.05, 3.63) is 36.5 Å². The van der Waals surface area contributed by atoms with Crippen LogP contribution in [0.1, 0.15) is 13.8 Å². The van der Waals surface area contributed by atoms with Crippen LogP contribution >= 0.6 is 0 Å². The fourth-order valence-electron chi connectivity index (χ4n) is 1.73. The van der Waals surface area contributed by atoms with Gasteiger partial charge in [0.05, 0.1) is 22.0 Å². The maximum atomic E-state index is 12.4. The lowest BCUT2D eigenvalue weighted by Crippen LogP contribution is -2.18. The highest BCUT2D eigenvalue weighted by atomic mass is 32.2. The number of rotatable bonds is 4. The quantitative estimate of drug-likeness (QED) is 0.651. The molecule has 0 fully saturated rings. The smallest absolute Gasteiger partial charge is 0.182 e. The second-order valence-corrected chi connectivity index (χ2v) is 6.81. The summed E-state index contributed by atoms with van der Waals surface area (Å²) in [6, 6.07) is 8.39. The third kappa shape index (κ3) is 2.34.